The fourth-order valence-electron chi connectivity index (χ4n) is 3.16. The van der Waals surface area contributed by atoms with Crippen LogP contribution in [0.15, 0.2) is 54.5 Å². The van der Waals surface area contributed by atoms with E-state index in [4.69, 9.17) is 0 Å². The van der Waals surface area contributed by atoms with E-state index >= 15 is 0 Å². The first-order valence-corrected chi connectivity index (χ1v) is 9.61. The smallest absolute Gasteiger partial charge is 0.309 e. The van der Waals surface area contributed by atoms with E-state index in [2.05, 4.69) is 4.74 Å². The van der Waals surface area contributed by atoms with E-state index in [1.54, 1.807) is 12.1 Å². The first kappa shape index (κ1) is 23.4. The molecule has 0 aliphatic carbocycles. The molecule has 0 heterocycles. The fourth-order valence-corrected chi connectivity index (χ4v) is 3.16. The van der Waals surface area contributed by atoms with E-state index in [1.807, 2.05) is 0 Å². The molecule has 0 saturated heterocycles. The zero-order valence-corrected chi connectivity index (χ0v) is 16.8. The molecule has 0 aromatic heterocycles. The van der Waals surface area contributed by atoms with Gasteiger partial charge in [-0.05, 0) is 60.7 Å². The Balaban J connectivity index is 1.76. The maximum atomic E-state index is 14.5. The van der Waals surface area contributed by atoms with Gasteiger partial charge in [-0.2, -0.15) is 8.78 Å². The molecule has 0 N–H and O–H groups in total. The SMILES string of the molecule is CCO/C(F)=C(\F)c1ccc(CCc2cc(F)c(-c3cc(F)c(F)c(F)c3)c(F)c2)cc1. The van der Waals surface area contributed by atoms with Crippen LogP contribution in [0, 0.1) is 29.1 Å². The summed E-state index contributed by atoms with van der Waals surface area (Å²) in [5.74, 6) is -8.09. The molecular formula is C24H17F7O. The Morgan fingerprint density at radius 1 is 0.719 bits per heavy atom. The van der Waals surface area contributed by atoms with Crippen LogP contribution < -0.4 is 0 Å². The van der Waals surface area contributed by atoms with Crippen LogP contribution in [0.5, 0.6) is 0 Å². The number of aryl methyl sites for hydroxylation is 2. The van der Waals surface area contributed by atoms with Gasteiger partial charge < -0.3 is 4.74 Å². The van der Waals surface area contributed by atoms with Crippen LogP contribution in [0.25, 0.3) is 17.0 Å². The zero-order valence-electron chi connectivity index (χ0n) is 16.8. The number of rotatable bonds is 7. The van der Waals surface area contributed by atoms with Gasteiger partial charge in [0.15, 0.2) is 17.5 Å². The van der Waals surface area contributed by atoms with E-state index in [1.165, 1.54) is 19.1 Å². The van der Waals surface area contributed by atoms with Crippen molar-refractivity contribution < 1.29 is 35.5 Å². The van der Waals surface area contributed by atoms with E-state index in [9.17, 15) is 30.7 Å². The molecule has 3 rings (SSSR count). The summed E-state index contributed by atoms with van der Waals surface area (Å²) in [6, 6.07) is 7.55. The minimum absolute atomic E-state index is 0.0140. The lowest BCUT2D eigenvalue weighted by Crippen LogP contribution is -1.99. The highest BCUT2D eigenvalue weighted by molar-refractivity contribution is 5.65. The molecule has 0 amide bonds. The Hall–Kier alpha value is -3.29. The van der Waals surface area contributed by atoms with E-state index in [0.717, 1.165) is 12.1 Å². The second kappa shape index (κ2) is 9.89. The van der Waals surface area contributed by atoms with Crippen LogP contribution in [0.1, 0.15) is 23.6 Å². The molecule has 0 aliphatic heterocycles. The van der Waals surface area contributed by atoms with Gasteiger partial charge in [-0.25, -0.2) is 22.0 Å². The Labute approximate surface area is 179 Å². The molecule has 3 aromatic carbocycles. The van der Waals surface area contributed by atoms with Crippen molar-refractivity contribution in [2.24, 2.45) is 0 Å². The minimum atomic E-state index is -1.73. The Bertz CT molecular complexity index is 1110. The van der Waals surface area contributed by atoms with Crippen LogP contribution in [-0.2, 0) is 17.6 Å². The Morgan fingerprint density at radius 2 is 1.25 bits per heavy atom. The van der Waals surface area contributed by atoms with Gasteiger partial charge >= 0.3 is 6.01 Å². The molecule has 3 aromatic rings. The molecular weight excluding hydrogens is 437 g/mol. The maximum absolute atomic E-state index is 14.5. The van der Waals surface area contributed by atoms with Crippen LogP contribution in [0.2, 0.25) is 0 Å². The summed E-state index contributed by atoms with van der Waals surface area (Å²) in [7, 11) is 0. The monoisotopic (exact) mass is 454 g/mol. The lowest BCUT2D eigenvalue weighted by Gasteiger charge is -2.10. The number of halogens is 7. The molecule has 0 saturated carbocycles. The van der Waals surface area contributed by atoms with Gasteiger partial charge in [0.1, 0.15) is 11.6 Å². The summed E-state index contributed by atoms with van der Waals surface area (Å²) < 4.78 is 101. The van der Waals surface area contributed by atoms with Crippen LogP contribution in [-0.4, -0.2) is 6.61 Å². The first-order valence-electron chi connectivity index (χ1n) is 9.61. The standard InChI is InChI=1S/C24H17F7O/c1-2-32-24(31)22(29)15-7-5-13(6-8-15)3-4-14-9-17(25)21(18(26)10-14)16-11-19(27)23(30)20(28)12-16/h5-12H,2-4H2,1H3/b24-22-. The highest BCUT2D eigenvalue weighted by Crippen LogP contribution is 2.30. The highest BCUT2D eigenvalue weighted by atomic mass is 19.2. The summed E-state index contributed by atoms with van der Waals surface area (Å²) in [6.45, 7) is 1.50. The van der Waals surface area contributed by atoms with Gasteiger partial charge in [0.2, 0.25) is 5.83 Å². The molecule has 0 fully saturated rings. The average molecular weight is 454 g/mol. The third-order valence-corrected chi connectivity index (χ3v) is 4.73. The van der Waals surface area contributed by atoms with Crippen molar-refractivity contribution in [1.82, 2.24) is 0 Å². The van der Waals surface area contributed by atoms with Crippen molar-refractivity contribution in [1.29, 1.82) is 0 Å². The molecule has 1 nitrogen and oxygen atoms in total. The largest absolute Gasteiger partial charge is 0.469 e. The number of benzene rings is 3. The molecule has 0 unspecified atom stereocenters. The van der Waals surface area contributed by atoms with Crippen molar-refractivity contribution in [3.63, 3.8) is 0 Å². The summed E-state index contributed by atoms with van der Waals surface area (Å²) in [4.78, 5) is 0. The average Bonchev–Trinajstić information content (AvgIpc) is 2.75. The summed E-state index contributed by atoms with van der Waals surface area (Å²) in [5.41, 5.74) is -0.183. The number of hydrogen-bond donors (Lipinski definition) is 0. The second-order valence-corrected chi connectivity index (χ2v) is 6.91. The lowest BCUT2D eigenvalue weighted by atomic mass is 9.98. The molecule has 0 bridgehead atoms. The van der Waals surface area contributed by atoms with Gasteiger partial charge in [-0.1, -0.05) is 24.3 Å². The minimum Gasteiger partial charge on any atom is -0.469 e. The van der Waals surface area contributed by atoms with Crippen molar-refractivity contribution in [2.45, 2.75) is 19.8 Å². The van der Waals surface area contributed by atoms with E-state index < -0.39 is 52.1 Å². The second-order valence-electron chi connectivity index (χ2n) is 6.91. The van der Waals surface area contributed by atoms with Crippen LogP contribution >= 0.6 is 0 Å². The molecule has 0 spiro atoms. The predicted molar refractivity (Wildman–Crippen MR) is 106 cm³/mol. The van der Waals surface area contributed by atoms with Gasteiger partial charge in [-0.15, -0.1) is 0 Å². The van der Waals surface area contributed by atoms with Crippen molar-refractivity contribution in [2.75, 3.05) is 6.61 Å². The summed E-state index contributed by atoms with van der Waals surface area (Å²) in [6.07, 6.45) is 0.531. The van der Waals surface area contributed by atoms with Crippen molar-refractivity contribution >= 4 is 5.83 Å². The first-order chi connectivity index (χ1) is 15.2. The topological polar surface area (TPSA) is 9.23 Å². The predicted octanol–water partition coefficient (Wildman–Crippen LogP) is 7.44. The van der Waals surface area contributed by atoms with Crippen molar-refractivity contribution in [3.8, 4) is 11.1 Å². The summed E-state index contributed by atoms with van der Waals surface area (Å²) in [5, 5.41) is 0. The van der Waals surface area contributed by atoms with E-state index in [0.29, 0.717) is 24.1 Å². The van der Waals surface area contributed by atoms with Gasteiger partial charge in [0.05, 0.1) is 12.2 Å². The molecule has 0 radical (unpaired) electrons. The van der Waals surface area contributed by atoms with Crippen molar-refractivity contribution in [3.05, 3.63) is 100 Å². The van der Waals surface area contributed by atoms with Gasteiger partial charge in [0, 0.05) is 5.56 Å². The summed E-state index contributed by atoms with van der Waals surface area (Å²) >= 11 is 0. The Morgan fingerprint density at radius 3 is 1.78 bits per heavy atom. The molecule has 32 heavy (non-hydrogen) atoms. The lowest BCUT2D eigenvalue weighted by molar-refractivity contribution is 0.156. The number of hydrogen-bond acceptors (Lipinski definition) is 1. The third kappa shape index (κ3) is 5.12. The maximum Gasteiger partial charge on any atom is 0.309 e. The zero-order chi connectivity index (χ0) is 23.4. The third-order valence-electron chi connectivity index (χ3n) is 4.73. The molecule has 0 aliphatic rings. The molecule has 168 valence electrons. The molecule has 0 atom stereocenters. The normalized spacial score (nSPS) is 12.0. The van der Waals surface area contributed by atoms with Crippen LogP contribution in [0.3, 0.4) is 0 Å². The Kier molecular flexibility index (Phi) is 7.22. The molecule has 8 heteroatoms. The quantitative estimate of drug-likeness (QED) is 0.205. The number of ether oxygens (including phenoxy) is 1. The fraction of sp³-hybridized carbons (Fsp3) is 0.167. The highest BCUT2D eigenvalue weighted by Gasteiger charge is 2.18. The van der Waals surface area contributed by atoms with Gasteiger partial charge in [0.25, 0.3) is 0 Å². The van der Waals surface area contributed by atoms with E-state index in [-0.39, 0.29) is 24.2 Å². The van der Waals surface area contributed by atoms with Crippen LogP contribution in [0.4, 0.5) is 30.7 Å². The van der Waals surface area contributed by atoms with Gasteiger partial charge in [-0.3, -0.25) is 0 Å².